The van der Waals surface area contributed by atoms with Crippen molar-refractivity contribution in [2.24, 2.45) is 0 Å². The lowest BCUT2D eigenvalue weighted by Gasteiger charge is -2.41. The zero-order chi connectivity index (χ0) is 36.6. The number of likely N-dealkylation sites (tertiary alicyclic amines) is 1. The smallest absolute Gasteiger partial charge is 0.407 e. The van der Waals surface area contributed by atoms with Crippen LogP contribution in [-0.2, 0) is 17.7 Å². The highest BCUT2D eigenvalue weighted by molar-refractivity contribution is 5.97. The van der Waals surface area contributed by atoms with E-state index in [1.807, 2.05) is 20.8 Å². The SMILES string of the molecule is Cc1cccc2cccc(N3CCc4c(nc(OCC5(N6CCC(NC(=O)OC(C)(C)C)CC6)CC5)nc4N4CCN(C(=O)O)C(CC#N)C4)C3)c12. The molecule has 0 radical (unpaired) electrons. The molecule has 2 amide bonds. The summed E-state index contributed by atoms with van der Waals surface area (Å²) in [6.45, 7) is 12.5. The van der Waals surface area contributed by atoms with Crippen LogP contribution in [0.3, 0.4) is 0 Å². The molecule has 1 saturated carbocycles. The number of anilines is 2. The van der Waals surface area contributed by atoms with Crippen LogP contribution >= 0.6 is 0 Å². The first-order chi connectivity index (χ1) is 24.9. The molecule has 7 rings (SSSR count). The Kier molecular flexibility index (Phi) is 9.78. The standard InChI is InChI=1S/C39H50N8O5/c1-26-7-5-8-27-9-6-10-32(33(26)27)44-18-14-30-31(24-44)42-35(43-34(30)45-21-22-47(37(49)50)29(23-45)11-17-40)51-25-39(15-16-39)46-19-12-28(13-20-46)41-36(48)52-38(2,3)4/h5-10,28-29H,11-16,18-25H2,1-4H3,(H,41,48)(H,49,50). The minimum atomic E-state index is -1.01. The van der Waals surface area contributed by atoms with Crippen LogP contribution < -0.4 is 19.9 Å². The number of carbonyl (C=O) groups excluding carboxylic acids is 1. The summed E-state index contributed by atoms with van der Waals surface area (Å²) in [5.41, 5.74) is 3.75. The molecule has 2 saturated heterocycles. The number of nitrogens with one attached hydrogen (secondary N) is 1. The quantitative estimate of drug-likeness (QED) is 0.306. The molecule has 4 heterocycles. The average molecular weight is 711 g/mol. The molecule has 3 aliphatic heterocycles. The molecule has 3 fully saturated rings. The summed E-state index contributed by atoms with van der Waals surface area (Å²) in [6.07, 6.45) is 3.20. The second-order valence-corrected chi connectivity index (χ2v) is 15.7. The zero-order valence-electron chi connectivity index (χ0n) is 30.7. The molecule has 2 aromatic carbocycles. The number of carbonyl (C=O) groups is 2. The number of nitrogens with zero attached hydrogens (tertiary/aromatic N) is 7. The van der Waals surface area contributed by atoms with E-state index in [1.54, 1.807) is 0 Å². The molecule has 1 aromatic heterocycles. The summed E-state index contributed by atoms with van der Waals surface area (Å²) in [5, 5.41) is 24.8. The number of nitriles is 1. The van der Waals surface area contributed by atoms with Crippen molar-refractivity contribution in [1.29, 1.82) is 5.26 Å². The van der Waals surface area contributed by atoms with Gasteiger partial charge in [-0.05, 0) is 76.8 Å². The van der Waals surface area contributed by atoms with Crippen molar-refractivity contribution in [1.82, 2.24) is 25.1 Å². The van der Waals surface area contributed by atoms with E-state index >= 15 is 0 Å². The number of hydrogen-bond acceptors (Lipinski definition) is 10. The molecule has 2 N–H and O–H groups in total. The number of amides is 2. The van der Waals surface area contributed by atoms with Crippen molar-refractivity contribution < 1.29 is 24.2 Å². The average Bonchev–Trinajstić information content (AvgIpc) is 3.90. The number of aromatic nitrogens is 2. The Morgan fingerprint density at radius 2 is 1.79 bits per heavy atom. The largest absolute Gasteiger partial charge is 0.465 e. The van der Waals surface area contributed by atoms with Gasteiger partial charge in [0.25, 0.3) is 0 Å². The monoisotopic (exact) mass is 710 g/mol. The van der Waals surface area contributed by atoms with E-state index in [2.05, 4.69) is 69.4 Å². The number of hydrogen-bond donors (Lipinski definition) is 2. The molecule has 1 atom stereocenters. The predicted octanol–water partition coefficient (Wildman–Crippen LogP) is 5.48. The van der Waals surface area contributed by atoms with Crippen LogP contribution in [-0.4, -0.2) is 106 Å². The Labute approximate surface area is 305 Å². The first-order valence-electron chi connectivity index (χ1n) is 18.5. The van der Waals surface area contributed by atoms with Gasteiger partial charge in [0.15, 0.2) is 0 Å². The van der Waals surface area contributed by atoms with Gasteiger partial charge in [0.1, 0.15) is 18.0 Å². The fourth-order valence-corrected chi connectivity index (χ4v) is 8.14. The minimum absolute atomic E-state index is 0.0780. The summed E-state index contributed by atoms with van der Waals surface area (Å²) in [5.74, 6) is 0.778. The third-order valence-corrected chi connectivity index (χ3v) is 11.0. The first kappa shape index (κ1) is 35.6. The molecular weight excluding hydrogens is 660 g/mol. The molecule has 276 valence electrons. The molecule has 1 aliphatic carbocycles. The fraction of sp³-hybridized carbons (Fsp3) is 0.564. The van der Waals surface area contributed by atoms with Crippen LogP contribution in [0.5, 0.6) is 6.01 Å². The number of aryl methyl sites for hydroxylation is 1. The van der Waals surface area contributed by atoms with E-state index < -0.39 is 17.7 Å². The number of piperidine rings is 1. The first-order valence-corrected chi connectivity index (χ1v) is 18.5. The molecule has 13 heteroatoms. The van der Waals surface area contributed by atoms with E-state index in [-0.39, 0.29) is 24.1 Å². The van der Waals surface area contributed by atoms with E-state index in [0.717, 1.165) is 68.8 Å². The van der Waals surface area contributed by atoms with Gasteiger partial charge in [0.05, 0.1) is 36.3 Å². The zero-order valence-corrected chi connectivity index (χ0v) is 30.7. The summed E-state index contributed by atoms with van der Waals surface area (Å²) in [6, 6.07) is 15.0. The Morgan fingerprint density at radius 3 is 2.48 bits per heavy atom. The van der Waals surface area contributed by atoms with Gasteiger partial charge in [-0.15, -0.1) is 0 Å². The second kappa shape index (κ2) is 14.3. The van der Waals surface area contributed by atoms with Gasteiger partial charge in [-0.2, -0.15) is 15.2 Å². The van der Waals surface area contributed by atoms with Crippen LogP contribution in [0.2, 0.25) is 0 Å². The summed E-state index contributed by atoms with van der Waals surface area (Å²) in [4.78, 5) is 42.8. The molecule has 52 heavy (non-hydrogen) atoms. The lowest BCUT2D eigenvalue weighted by atomic mass is 9.99. The van der Waals surface area contributed by atoms with Crippen molar-refractivity contribution in [3.8, 4) is 12.1 Å². The maximum absolute atomic E-state index is 12.4. The van der Waals surface area contributed by atoms with Gasteiger partial charge < -0.3 is 34.6 Å². The maximum Gasteiger partial charge on any atom is 0.407 e. The lowest BCUT2D eigenvalue weighted by molar-refractivity contribution is 0.0437. The van der Waals surface area contributed by atoms with Gasteiger partial charge in [-0.3, -0.25) is 4.90 Å². The Morgan fingerprint density at radius 1 is 1.04 bits per heavy atom. The number of ether oxygens (including phenoxy) is 2. The number of rotatable bonds is 8. The van der Waals surface area contributed by atoms with Crippen LogP contribution in [0.15, 0.2) is 36.4 Å². The summed E-state index contributed by atoms with van der Waals surface area (Å²) < 4.78 is 12.0. The Balaban J connectivity index is 1.11. The maximum atomic E-state index is 12.4. The predicted molar refractivity (Wildman–Crippen MR) is 198 cm³/mol. The van der Waals surface area contributed by atoms with Crippen LogP contribution in [0, 0.1) is 18.3 Å². The van der Waals surface area contributed by atoms with Crippen molar-refractivity contribution in [3.05, 3.63) is 53.2 Å². The van der Waals surface area contributed by atoms with Gasteiger partial charge >= 0.3 is 18.2 Å². The van der Waals surface area contributed by atoms with Crippen LogP contribution in [0.25, 0.3) is 10.8 Å². The van der Waals surface area contributed by atoms with Crippen molar-refractivity contribution in [3.63, 3.8) is 0 Å². The Bertz CT molecular complexity index is 1850. The third kappa shape index (κ3) is 7.53. The van der Waals surface area contributed by atoms with E-state index in [1.165, 1.54) is 26.9 Å². The summed E-state index contributed by atoms with van der Waals surface area (Å²) in [7, 11) is 0. The highest BCUT2D eigenvalue weighted by atomic mass is 16.6. The number of fused-ring (bicyclic) bond motifs is 2. The van der Waals surface area contributed by atoms with Gasteiger partial charge in [0.2, 0.25) is 0 Å². The molecule has 1 unspecified atom stereocenters. The molecule has 13 nitrogen and oxygen atoms in total. The number of alkyl carbamates (subject to hydrolysis) is 1. The number of benzene rings is 2. The molecular formula is C39H50N8O5. The number of piperazine rings is 1. The minimum Gasteiger partial charge on any atom is -0.465 e. The fourth-order valence-electron chi connectivity index (χ4n) is 8.14. The van der Waals surface area contributed by atoms with Crippen LogP contribution in [0.4, 0.5) is 21.1 Å². The molecule has 0 bridgehead atoms. The molecule has 0 spiro atoms. The van der Waals surface area contributed by atoms with Gasteiger partial charge in [0, 0.05) is 61.9 Å². The second-order valence-electron chi connectivity index (χ2n) is 15.7. The molecule has 4 aliphatic rings. The van der Waals surface area contributed by atoms with E-state index in [0.29, 0.717) is 38.8 Å². The van der Waals surface area contributed by atoms with E-state index in [4.69, 9.17) is 19.4 Å². The van der Waals surface area contributed by atoms with Gasteiger partial charge in [-0.25, -0.2) is 9.59 Å². The number of carboxylic acid groups (broad SMARTS) is 1. The Hall–Kier alpha value is -4.83. The highest BCUT2D eigenvalue weighted by Gasteiger charge is 2.50. The van der Waals surface area contributed by atoms with E-state index in [9.17, 15) is 20.0 Å². The normalized spacial score (nSPS) is 20.6. The topological polar surface area (TPSA) is 147 Å². The van der Waals surface area contributed by atoms with Crippen molar-refractivity contribution in [2.45, 2.75) is 96.0 Å². The third-order valence-electron chi connectivity index (χ3n) is 11.0. The van der Waals surface area contributed by atoms with Gasteiger partial charge in [-0.1, -0.05) is 30.3 Å². The van der Waals surface area contributed by atoms with Crippen molar-refractivity contribution >= 4 is 34.5 Å². The highest BCUT2D eigenvalue weighted by Crippen LogP contribution is 2.44. The van der Waals surface area contributed by atoms with Crippen LogP contribution in [0.1, 0.15) is 69.7 Å². The molecule has 3 aromatic rings. The van der Waals surface area contributed by atoms with Crippen molar-refractivity contribution in [2.75, 3.05) is 55.7 Å². The lowest BCUT2D eigenvalue weighted by Crippen LogP contribution is -2.55. The summed E-state index contributed by atoms with van der Waals surface area (Å²) >= 11 is 0.